The van der Waals surface area contributed by atoms with Crippen LogP contribution in [0.15, 0.2) is 70.2 Å². The topological polar surface area (TPSA) is 341 Å². The molecule has 4 aromatic heterocycles. The van der Waals surface area contributed by atoms with Gasteiger partial charge in [-0.1, -0.05) is 94.5 Å². The Morgan fingerprint density at radius 1 is 0.571 bits per heavy atom. The number of allylic oxidation sites excluding steroid dienone is 1. The molecule has 8 aliphatic rings. The summed E-state index contributed by atoms with van der Waals surface area (Å²) in [6.07, 6.45) is 6.64. The molecule has 2 unspecified atom stereocenters. The summed E-state index contributed by atoms with van der Waals surface area (Å²) >= 11 is 13.6. The number of benzene rings is 2. The second-order valence-electron chi connectivity index (χ2n) is 35.2. The van der Waals surface area contributed by atoms with Crippen LogP contribution in [-0.4, -0.2) is 163 Å². The Bertz CT molecular complexity index is 4640. The number of amides is 2. The van der Waals surface area contributed by atoms with Gasteiger partial charge < -0.3 is 68.1 Å². The first-order valence-corrected chi connectivity index (χ1v) is 40.1. The SMILES string of the molecule is C=C[C@@H]1C[C@]1(CC(=O)[C@@H]1C[C@@H](Oc2cc(-c3cc(NC(C)C)on3)nc3c(Cl)c(OC)ccc23)CN1C(=O)[C@@H](CC(=O)OC1C[C@@H]2C[C@@H]2C1)C(C)(C)C)C(=O)O.CC[C@@H]1C[C@]1(CC(=O)[C@@H]1C[C@@H](Oc2cc(-c3cc(NC(C)C)on3)nc3c(Cl)c(OC)ccc23)CN1C(=O)[C@@H](CC(=O)OC1C[C@@H]2C[C@@H]2C1)C(C)(C)C)C(=O)O. The third-order valence-electron chi connectivity index (χ3n) is 24.4. The van der Waals surface area contributed by atoms with E-state index in [-0.39, 0.29) is 121 Å². The number of carboxylic acids is 2. The van der Waals surface area contributed by atoms with E-state index in [2.05, 4.69) is 27.5 Å². The number of ether oxygens (including phenoxy) is 6. The third-order valence-corrected chi connectivity index (χ3v) is 25.1. The number of nitrogens with one attached hydrogen (secondary N) is 2. The number of ketones is 2. The molecule has 602 valence electrons. The molecule has 2 aliphatic heterocycles. The summed E-state index contributed by atoms with van der Waals surface area (Å²) in [6, 6.07) is 12.1. The van der Waals surface area contributed by atoms with Gasteiger partial charge in [0.1, 0.15) is 68.8 Å². The predicted molar refractivity (Wildman–Crippen MR) is 417 cm³/mol. The van der Waals surface area contributed by atoms with E-state index < -0.39 is 81.7 Å². The number of aromatic nitrogens is 4. The molecular formula is C84H104Cl2N8O18. The highest BCUT2D eigenvalue weighted by atomic mass is 35.5. The molecule has 6 saturated carbocycles. The zero-order chi connectivity index (χ0) is 80.5. The monoisotopic (exact) mass is 1580 g/mol. The number of carbonyl (C=O) groups is 8. The van der Waals surface area contributed by atoms with Crippen molar-refractivity contribution in [3.8, 4) is 45.8 Å². The number of carboxylic acid groups (broad SMARTS) is 2. The van der Waals surface area contributed by atoms with Gasteiger partial charge >= 0.3 is 23.9 Å². The number of Topliss-reactive ketones (excluding diaryl/α,β-unsaturated/α-hetero) is 2. The minimum absolute atomic E-state index is 0.0171. The average Bonchev–Trinajstić information content (AvgIpc) is 1.58. The molecule has 6 aromatic rings. The largest absolute Gasteiger partial charge is 0.495 e. The van der Waals surface area contributed by atoms with Gasteiger partial charge in [0, 0.05) is 72.8 Å². The Balaban J connectivity index is 0.000000196. The van der Waals surface area contributed by atoms with Crippen LogP contribution in [0.25, 0.3) is 44.6 Å². The Morgan fingerprint density at radius 3 is 1.31 bits per heavy atom. The number of halogens is 2. The number of carbonyl (C=O) groups excluding carboxylic acids is 6. The molecule has 6 heterocycles. The second kappa shape index (κ2) is 31.7. The Hall–Kier alpha value is -9.04. The van der Waals surface area contributed by atoms with E-state index in [9.17, 15) is 48.6 Å². The van der Waals surface area contributed by atoms with Gasteiger partial charge in [-0.3, -0.25) is 38.4 Å². The molecule has 4 N–H and O–H groups in total. The normalized spacial score (nSPS) is 27.2. The van der Waals surface area contributed by atoms with Crippen molar-refractivity contribution in [1.29, 1.82) is 0 Å². The summed E-state index contributed by atoms with van der Waals surface area (Å²) in [5, 5.41) is 36.8. The smallest absolute Gasteiger partial charge is 0.310 e. The average molecular weight is 1580 g/mol. The summed E-state index contributed by atoms with van der Waals surface area (Å²) in [4.78, 5) is 122. The highest BCUT2D eigenvalue weighted by molar-refractivity contribution is 6.37. The van der Waals surface area contributed by atoms with Gasteiger partial charge in [-0.2, -0.15) is 0 Å². The van der Waals surface area contributed by atoms with E-state index in [4.69, 9.17) is 70.6 Å². The molecule has 28 heteroatoms. The van der Waals surface area contributed by atoms with Crippen LogP contribution in [0.2, 0.25) is 10.0 Å². The number of anilines is 2. The van der Waals surface area contributed by atoms with Crippen molar-refractivity contribution in [1.82, 2.24) is 30.1 Å². The Labute approximate surface area is 661 Å². The maximum atomic E-state index is 14.7. The quantitative estimate of drug-likeness (QED) is 0.0240. The number of fused-ring (bicyclic) bond motifs is 4. The summed E-state index contributed by atoms with van der Waals surface area (Å²) in [7, 11) is 3.02. The number of rotatable bonds is 30. The fourth-order valence-electron chi connectivity index (χ4n) is 17.6. The zero-order valence-electron chi connectivity index (χ0n) is 66.0. The summed E-state index contributed by atoms with van der Waals surface area (Å²) in [5.41, 5.74) is -1.29. The molecule has 0 radical (unpaired) electrons. The van der Waals surface area contributed by atoms with Gasteiger partial charge in [0.15, 0.2) is 11.6 Å². The molecule has 112 heavy (non-hydrogen) atoms. The number of nitrogens with zero attached hydrogens (tertiary/aromatic N) is 6. The molecule has 2 aromatic carbocycles. The van der Waals surface area contributed by atoms with Crippen LogP contribution in [0, 0.1) is 69.0 Å². The van der Waals surface area contributed by atoms with Crippen LogP contribution >= 0.6 is 23.2 Å². The highest BCUT2D eigenvalue weighted by Gasteiger charge is 2.63. The van der Waals surface area contributed by atoms with Crippen molar-refractivity contribution in [3.63, 3.8) is 0 Å². The maximum absolute atomic E-state index is 14.7. The lowest BCUT2D eigenvalue weighted by molar-refractivity contribution is -0.157. The van der Waals surface area contributed by atoms with Gasteiger partial charge in [-0.05, 0) is 150 Å². The van der Waals surface area contributed by atoms with Crippen LogP contribution < -0.4 is 29.6 Å². The first-order chi connectivity index (χ1) is 53.0. The van der Waals surface area contributed by atoms with Gasteiger partial charge in [-0.25, -0.2) is 9.97 Å². The molecule has 0 spiro atoms. The van der Waals surface area contributed by atoms with Gasteiger partial charge in [0.2, 0.25) is 23.6 Å². The van der Waals surface area contributed by atoms with E-state index in [1.165, 1.54) is 36.9 Å². The lowest BCUT2D eigenvalue weighted by Crippen LogP contribution is -2.48. The summed E-state index contributed by atoms with van der Waals surface area (Å²) in [5.74, 6) is -1.41. The van der Waals surface area contributed by atoms with E-state index in [0.29, 0.717) is 122 Å². The van der Waals surface area contributed by atoms with Gasteiger partial charge in [0.25, 0.3) is 0 Å². The standard InChI is InChI=1S/C42H53ClN4O9.C42H51ClN4O9/c2*1-8-24-18-42(24,40(51)52)19-32(48)31-14-26(20-47(31)39(50)28(41(4,5)6)15-36(49)55-25-12-22-11-23(22)13-25)54-34-16-29(30-17-35(56-46-30)44-21(2)3)45-38-27(34)9-10-33(53-7)37(38)43/h9-10,16-17,21-26,28,31,44H,8,11-15,18-20H2,1-7H3,(H,51,52);8-10,16-17,21-26,28,31,44H,1,11-15,18-20H2,2-7H3,(H,51,52)/t2*22-,23+,24-,25?,26-,28-,31+,42-/m11/s1. The van der Waals surface area contributed by atoms with E-state index >= 15 is 0 Å². The van der Waals surface area contributed by atoms with E-state index in [1.54, 1.807) is 54.6 Å². The van der Waals surface area contributed by atoms with Crippen LogP contribution in [-0.2, 0) is 47.8 Å². The lowest BCUT2D eigenvalue weighted by Gasteiger charge is -2.35. The summed E-state index contributed by atoms with van der Waals surface area (Å²) < 4.78 is 47.2. The van der Waals surface area contributed by atoms with E-state index in [1.807, 2.05) is 76.2 Å². The van der Waals surface area contributed by atoms with Crippen molar-refractivity contribution in [3.05, 3.63) is 71.2 Å². The second-order valence-corrected chi connectivity index (χ2v) is 35.9. The van der Waals surface area contributed by atoms with E-state index in [0.717, 1.165) is 25.7 Å². The fraction of sp³-hybridized carbons (Fsp3) is 0.595. The molecule has 2 saturated heterocycles. The van der Waals surface area contributed by atoms with Gasteiger partial charge in [-0.15, -0.1) is 6.58 Å². The molecular weight excluding hydrogens is 1480 g/mol. The molecule has 16 atom stereocenters. The predicted octanol–water partition coefficient (Wildman–Crippen LogP) is 14.9. The molecule has 0 bridgehead atoms. The van der Waals surface area contributed by atoms with Crippen LogP contribution in [0.4, 0.5) is 11.8 Å². The Kier molecular flexibility index (Phi) is 22.9. The fourth-order valence-corrected chi connectivity index (χ4v) is 18.2. The third kappa shape index (κ3) is 17.1. The maximum Gasteiger partial charge on any atom is 0.310 e. The van der Waals surface area contributed by atoms with Crippen molar-refractivity contribution in [2.75, 3.05) is 37.9 Å². The van der Waals surface area contributed by atoms with Crippen molar-refractivity contribution in [2.45, 2.75) is 221 Å². The lowest BCUT2D eigenvalue weighted by atomic mass is 9.77. The number of methoxy groups -OCH3 is 2. The summed E-state index contributed by atoms with van der Waals surface area (Å²) in [6.45, 7) is 25.0. The molecule has 2 amide bonds. The first kappa shape index (κ1) is 81.0. The molecule has 14 rings (SSSR count). The molecule has 26 nitrogen and oxygen atoms in total. The van der Waals surface area contributed by atoms with Crippen molar-refractivity contribution >= 4 is 104 Å². The number of likely N-dealkylation sites (tertiary alicyclic amines) is 2. The first-order valence-electron chi connectivity index (χ1n) is 39.3. The number of hydrogen-bond acceptors (Lipinski definition) is 22. The number of esters is 2. The zero-order valence-corrected chi connectivity index (χ0v) is 67.5. The minimum Gasteiger partial charge on any atom is -0.495 e. The minimum atomic E-state index is -1.27. The van der Waals surface area contributed by atoms with Crippen molar-refractivity contribution in [2.24, 2.45) is 69.0 Å². The Morgan fingerprint density at radius 2 is 0.973 bits per heavy atom. The van der Waals surface area contributed by atoms with Crippen molar-refractivity contribution < 1.29 is 86.0 Å². The van der Waals surface area contributed by atoms with Crippen LogP contribution in [0.3, 0.4) is 0 Å². The number of hydrogen-bond donors (Lipinski definition) is 4. The van der Waals surface area contributed by atoms with Crippen LogP contribution in [0.1, 0.15) is 172 Å². The van der Waals surface area contributed by atoms with Crippen LogP contribution in [0.5, 0.6) is 23.0 Å². The number of aliphatic carboxylic acids is 2. The van der Waals surface area contributed by atoms with Gasteiger partial charge in [0.05, 0.1) is 97.3 Å². The molecule has 8 fully saturated rings. The number of pyridine rings is 2. The highest BCUT2D eigenvalue weighted by Crippen LogP contribution is 2.59. The molecule has 6 aliphatic carbocycles.